The van der Waals surface area contributed by atoms with Gasteiger partial charge in [0.15, 0.2) is 0 Å². The van der Waals surface area contributed by atoms with Gasteiger partial charge in [-0.1, -0.05) is 6.92 Å². The van der Waals surface area contributed by atoms with Gasteiger partial charge in [0, 0.05) is 12.6 Å². The maximum Gasteiger partial charge on any atom is 0.239 e. The minimum Gasteiger partial charge on any atom is -0.395 e. The number of aromatic nitrogens is 2. The van der Waals surface area contributed by atoms with Crippen LogP contribution in [0.25, 0.3) is 0 Å². The maximum absolute atomic E-state index is 12.1. The number of nitrogens with zero attached hydrogens (tertiary/aromatic N) is 3. The van der Waals surface area contributed by atoms with E-state index in [0.29, 0.717) is 12.4 Å². The summed E-state index contributed by atoms with van der Waals surface area (Å²) in [4.78, 5) is 14.0. The van der Waals surface area contributed by atoms with Gasteiger partial charge in [0.05, 0.1) is 24.4 Å². The van der Waals surface area contributed by atoms with Crippen LogP contribution >= 0.6 is 0 Å². The largest absolute Gasteiger partial charge is 0.395 e. The van der Waals surface area contributed by atoms with Crippen LogP contribution in [0.3, 0.4) is 0 Å². The lowest BCUT2D eigenvalue weighted by atomic mass is 10.1. The zero-order valence-electron chi connectivity index (χ0n) is 13.1. The Kier molecular flexibility index (Phi) is 5.71. The third kappa shape index (κ3) is 4.61. The van der Waals surface area contributed by atoms with Crippen LogP contribution in [0.1, 0.15) is 33.4 Å². The molecule has 1 aromatic rings. The Labute approximate surface area is 120 Å². The van der Waals surface area contributed by atoms with Gasteiger partial charge in [0.1, 0.15) is 5.82 Å². The van der Waals surface area contributed by atoms with Crippen LogP contribution in [0.5, 0.6) is 0 Å². The summed E-state index contributed by atoms with van der Waals surface area (Å²) in [6, 6.07) is 1.87. The highest BCUT2D eigenvalue weighted by molar-refractivity contribution is 5.91. The van der Waals surface area contributed by atoms with Crippen molar-refractivity contribution in [2.24, 2.45) is 0 Å². The van der Waals surface area contributed by atoms with Gasteiger partial charge in [-0.3, -0.25) is 9.69 Å². The lowest BCUT2D eigenvalue weighted by Crippen LogP contribution is -2.36. The number of likely N-dealkylation sites (N-methyl/N-ethyl adjacent to an activating group) is 1. The SMILES string of the molecule is CCN(CCO)CC(=O)Nc1cc(C)nn1C(C)(C)C. The molecule has 0 saturated heterocycles. The standard InChI is InChI=1S/C14H26N4O2/c1-6-17(7-8-19)10-13(20)15-12-9-11(2)16-18(12)14(3,4)5/h9,19H,6-8,10H2,1-5H3,(H,15,20). The van der Waals surface area contributed by atoms with E-state index in [1.807, 2.05) is 50.3 Å². The first-order chi connectivity index (χ1) is 9.27. The normalized spacial score (nSPS) is 11.9. The average Bonchev–Trinajstić information content (AvgIpc) is 2.69. The van der Waals surface area contributed by atoms with Crippen molar-refractivity contribution in [3.05, 3.63) is 11.8 Å². The van der Waals surface area contributed by atoms with Crippen molar-refractivity contribution in [1.29, 1.82) is 0 Å². The molecule has 0 aromatic carbocycles. The molecule has 1 heterocycles. The Balaban J connectivity index is 2.76. The molecule has 0 bridgehead atoms. The smallest absolute Gasteiger partial charge is 0.239 e. The molecule has 0 atom stereocenters. The molecule has 0 fully saturated rings. The van der Waals surface area contributed by atoms with Crippen molar-refractivity contribution in [1.82, 2.24) is 14.7 Å². The number of aliphatic hydroxyl groups excluding tert-OH is 1. The number of aliphatic hydroxyl groups is 1. The van der Waals surface area contributed by atoms with Gasteiger partial charge in [-0.25, -0.2) is 4.68 Å². The second-order valence-corrected chi connectivity index (χ2v) is 5.89. The summed E-state index contributed by atoms with van der Waals surface area (Å²) in [6.45, 7) is 11.5. The fourth-order valence-electron chi connectivity index (χ4n) is 1.98. The molecule has 1 amide bonds. The molecule has 0 aliphatic rings. The van der Waals surface area contributed by atoms with Crippen LogP contribution in [-0.2, 0) is 10.3 Å². The minimum absolute atomic E-state index is 0.0557. The molecule has 0 aliphatic heterocycles. The second kappa shape index (κ2) is 6.85. The van der Waals surface area contributed by atoms with Crippen molar-refractivity contribution < 1.29 is 9.90 Å². The fourth-order valence-corrected chi connectivity index (χ4v) is 1.98. The van der Waals surface area contributed by atoms with Gasteiger partial charge in [-0.2, -0.15) is 5.10 Å². The molecule has 2 N–H and O–H groups in total. The Hall–Kier alpha value is -1.40. The first-order valence-electron chi connectivity index (χ1n) is 6.98. The molecule has 114 valence electrons. The number of amides is 1. The lowest BCUT2D eigenvalue weighted by Gasteiger charge is -2.23. The average molecular weight is 282 g/mol. The predicted molar refractivity (Wildman–Crippen MR) is 79.8 cm³/mol. The van der Waals surface area contributed by atoms with Crippen LogP contribution in [0.4, 0.5) is 5.82 Å². The first kappa shape index (κ1) is 16.7. The number of aryl methyl sites for hydroxylation is 1. The summed E-state index contributed by atoms with van der Waals surface area (Å²) >= 11 is 0. The maximum atomic E-state index is 12.1. The number of nitrogens with one attached hydrogen (secondary N) is 1. The van der Waals surface area contributed by atoms with Gasteiger partial charge in [-0.15, -0.1) is 0 Å². The lowest BCUT2D eigenvalue weighted by molar-refractivity contribution is -0.117. The third-order valence-corrected chi connectivity index (χ3v) is 2.97. The summed E-state index contributed by atoms with van der Waals surface area (Å²) in [5.74, 6) is 0.616. The molecule has 1 aromatic heterocycles. The Bertz CT molecular complexity index is 449. The molecule has 0 radical (unpaired) electrons. The van der Waals surface area contributed by atoms with E-state index in [0.717, 1.165) is 12.2 Å². The monoisotopic (exact) mass is 282 g/mol. The number of hydrogen-bond donors (Lipinski definition) is 2. The van der Waals surface area contributed by atoms with Gasteiger partial charge in [0.25, 0.3) is 0 Å². The quantitative estimate of drug-likeness (QED) is 0.822. The summed E-state index contributed by atoms with van der Waals surface area (Å²) in [5, 5.41) is 16.3. The van der Waals surface area contributed by atoms with Gasteiger partial charge < -0.3 is 10.4 Å². The van der Waals surface area contributed by atoms with E-state index in [-0.39, 0.29) is 24.6 Å². The molecule has 20 heavy (non-hydrogen) atoms. The number of carbonyl (C=O) groups excluding carboxylic acids is 1. The van der Waals surface area contributed by atoms with Crippen molar-refractivity contribution in [3.63, 3.8) is 0 Å². The molecule has 0 unspecified atom stereocenters. The Morgan fingerprint density at radius 2 is 2.15 bits per heavy atom. The molecule has 0 aliphatic carbocycles. The summed E-state index contributed by atoms with van der Waals surface area (Å²) in [7, 11) is 0. The Morgan fingerprint density at radius 3 is 2.65 bits per heavy atom. The van der Waals surface area contributed by atoms with Crippen molar-refractivity contribution >= 4 is 11.7 Å². The minimum atomic E-state index is -0.188. The van der Waals surface area contributed by atoms with Gasteiger partial charge in [-0.05, 0) is 34.2 Å². The molecular weight excluding hydrogens is 256 g/mol. The van der Waals surface area contributed by atoms with Crippen molar-refractivity contribution in [3.8, 4) is 0 Å². The first-order valence-corrected chi connectivity index (χ1v) is 6.98. The molecule has 6 nitrogen and oxygen atoms in total. The highest BCUT2D eigenvalue weighted by Gasteiger charge is 2.20. The van der Waals surface area contributed by atoms with E-state index in [2.05, 4.69) is 10.4 Å². The van der Waals surface area contributed by atoms with Crippen LogP contribution in [-0.4, -0.2) is 51.9 Å². The fraction of sp³-hybridized carbons (Fsp3) is 0.714. The highest BCUT2D eigenvalue weighted by atomic mass is 16.3. The van der Waals surface area contributed by atoms with Crippen LogP contribution in [0.2, 0.25) is 0 Å². The number of hydrogen-bond acceptors (Lipinski definition) is 4. The number of rotatable bonds is 6. The zero-order chi connectivity index (χ0) is 15.3. The zero-order valence-corrected chi connectivity index (χ0v) is 13.1. The second-order valence-electron chi connectivity index (χ2n) is 5.89. The molecule has 0 saturated carbocycles. The van der Waals surface area contributed by atoms with Crippen LogP contribution in [0, 0.1) is 6.92 Å². The van der Waals surface area contributed by atoms with Gasteiger partial charge in [0.2, 0.25) is 5.91 Å². The van der Waals surface area contributed by atoms with E-state index in [4.69, 9.17) is 5.11 Å². The predicted octanol–water partition coefficient (Wildman–Crippen LogP) is 1.20. The van der Waals surface area contributed by atoms with E-state index in [1.165, 1.54) is 0 Å². The van der Waals surface area contributed by atoms with Crippen molar-refractivity contribution in [2.45, 2.75) is 40.2 Å². The molecule has 6 heteroatoms. The van der Waals surface area contributed by atoms with Crippen molar-refractivity contribution in [2.75, 3.05) is 31.6 Å². The van der Waals surface area contributed by atoms with Gasteiger partial charge >= 0.3 is 0 Å². The molecule has 0 spiro atoms. The third-order valence-electron chi connectivity index (χ3n) is 2.97. The van der Waals surface area contributed by atoms with E-state index < -0.39 is 0 Å². The summed E-state index contributed by atoms with van der Waals surface area (Å²) in [5.41, 5.74) is 0.685. The van der Waals surface area contributed by atoms with E-state index >= 15 is 0 Å². The molecular formula is C14H26N4O2. The summed E-state index contributed by atoms with van der Waals surface area (Å²) < 4.78 is 1.82. The van der Waals surface area contributed by atoms with Crippen LogP contribution in [0.15, 0.2) is 6.07 Å². The molecule has 1 rings (SSSR count). The van der Waals surface area contributed by atoms with Crippen LogP contribution < -0.4 is 5.32 Å². The topological polar surface area (TPSA) is 70.4 Å². The Morgan fingerprint density at radius 1 is 1.50 bits per heavy atom. The highest BCUT2D eigenvalue weighted by Crippen LogP contribution is 2.21. The number of anilines is 1. The van der Waals surface area contributed by atoms with E-state index in [9.17, 15) is 4.79 Å². The van der Waals surface area contributed by atoms with E-state index in [1.54, 1.807) is 0 Å². The number of carbonyl (C=O) groups is 1. The summed E-state index contributed by atoms with van der Waals surface area (Å²) in [6.07, 6.45) is 0.